The van der Waals surface area contributed by atoms with E-state index in [1.807, 2.05) is 31.2 Å². The third kappa shape index (κ3) is 4.62. The number of carbonyl (C=O) groups excluding carboxylic acids is 1. The highest BCUT2D eigenvalue weighted by Gasteiger charge is 2.32. The van der Waals surface area contributed by atoms with Crippen LogP contribution in [0.3, 0.4) is 0 Å². The summed E-state index contributed by atoms with van der Waals surface area (Å²) >= 11 is 0. The van der Waals surface area contributed by atoms with Crippen molar-refractivity contribution in [1.82, 2.24) is 19.0 Å². The SMILES string of the molecule is Cc1cccc(OCC(=O)N2CCCN(S(=O)(=O)c3c(C)nn(C)c3C)CC2)c1. The molecule has 2 heterocycles. The molecule has 1 fully saturated rings. The van der Waals surface area contributed by atoms with Crippen LogP contribution in [0.25, 0.3) is 0 Å². The molecule has 0 spiro atoms. The minimum absolute atomic E-state index is 0.0585. The molecule has 1 aliphatic rings. The van der Waals surface area contributed by atoms with Crippen LogP contribution in [0.2, 0.25) is 0 Å². The number of sulfonamides is 1. The molecule has 8 nitrogen and oxygen atoms in total. The molecule has 0 saturated carbocycles. The third-order valence-corrected chi connectivity index (χ3v) is 7.35. The number of benzene rings is 1. The Morgan fingerprint density at radius 2 is 1.90 bits per heavy atom. The van der Waals surface area contributed by atoms with Gasteiger partial charge in [-0.15, -0.1) is 0 Å². The van der Waals surface area contributed by atoms with E-state index in [0.29, 0.717) is 43.2 Å². The Balaban J connectivity index is 1.64. The molecule has 0 unspecified atom stereocenters. The fraction of sp³-hybridized carbons (Fsp3) is 0.500. The number of rotatable bonds is 5. The molecule has 2 aromatic rings. The molecule has 29 heavy (non-hydrogen) atoms. The van der Waals surface area contributed by atoms with Crippen LogP contribution in [0.1, 0.15) is 23.4 Å². The van der Waals surface area contributed by atoms with E-state index in [1.54, 1.807) is 30.5 Å². The molecular weight excluding hydrogens is 392 g/mol. The van der Waals surface area contributed by atoms with Crippen LogP contribution in [-0.4, -0.2) is 66.1 Å². The van der Waals surface area contributed by atoms with Crippen molar-refractivity contribution in [1.29, 1.82) is 0 Å². The van der Waals surface area contributed by atoms with Gasteiger partial charge in [-0.05, 0) is 44.9 Å². The Morgan fingerprint density at radius 1 is 1.14 bits per heavy atom. The lowest BCUT2D eigenvalue weighted by molar-refractivity contribution is -0.133. The zero-order chi connectivity index (χ0) is 21.2. The summed E-state index contributed by atoms with van der Waals surface area (Å²) in [6.45, 7) is 6.84. The normalized spacial score (nSPS) is 15.9. The lowest BCUT2D eigenvalue weighted by Crippen LogP contribution is -2.39. The van der Waals surface area contributed by atoms with Gasteiger partial charge in [0.05, 0.1) is 11.4 Å². The van der Waals surface area contributed by atoms with E-state index >= 15 is 0 Å². The summed E-state index contributed by atoms with van der Waals surface area (Å²) in [5.41, 5.74) is 2.17. The van der Waals surface area contributed by atoms with E-state index in [9.17, 15) is 13.2 Å². The zero-order valence-corrected chi connectivity index (χ0v) is 18.2. The van der Waals surface area contributed by atoms with Gasteiger partial charge in [-0.3, -0.25) is 9.48 Å². The lowest BCUT2D eigenvalue weighted by atomic mass is 10.2. The van der Waals surface area contributed by atoms with Gasteiger partial charge in [-0.25, -0.2) is 8.42 Å². The smallest absolute Gasteiger partial charge is 0.260 e. The molecule has 1 saturated heterocycles. The Bertz CT molecular complexity index is 1000. The van der Waals surface area contributed by atoms with E-state index in [4.69, 9.17) is 4.74 Å². The third-order valence-electron chi connectivity index (χ3n) is 5.20. The molecule has 0 radical (unpaired) electrons. The molecule has 1 aromatic heterocycles. The van der Waals surface area contributed by atoms with Crippen LogP contribution in [-0.2, 0) is 21.9 Å². The number of nitrogens with zero attached hydrogens (tertiary/aromatic N) is 4. The molecule has 3 rings (SSSR count). The first-order valence-electron chi connectivity index (χ1n) is 9.67. The van der Waals surface area contributed by atoms with Crippen molar-refractivity contribution in [3.05, 3.63) is 41.2 Å². The Hall–Kier alpha value is -2.39. The van der Waals surface area contributed by atoms with Gasteiger partial charge >= 0.3 is 0 Å². The summed E-state index contributed by atoms with van der Waals surface area (Å²) in [4.78, 5) is 14.5. The van der Waals surface area contributed by atoms with Crippen LogP contribution in [0.15, 0.2) is 29.2 Å². The molecule has 1 amide bonds. The molecule has 1 aliphatic heterocycles. The average Bonchev–Trinajstić information content (AvgIpc) is 2.84. The Labute approximate surface area is 172 Å². The predicted molar refractivity (Wildman–Crippen MR) is 109 cm³/mol. The van der Waals surface area contributed by atoms with Gasteiger partial charge in [0.15, 0.2) is 6.61 Å². The molecule has 9 heteroatoms. The van der Waals surface area contributed by atoms with Crippen molar-refractivity contribution in [3.63, 3.8) is 0 Å². The number of amides is 1. The number of hydrogen-bond donors (Lipinski definition) is 0. The van der Waals surface area contributed by atoms with Gasteiger partial charge in [0, 0.05) is 33.2 Å². The highest BCUT2D eigenvalue weighted by atomic mass is 32.2. The number of hydrogen-bond acceptors (Lipinski definition) is 5. The Kier molecular flexibility index (Phi) is 6.28. The van der Waals surface area contributed by atoms with E-state index < -0.39 is 10.0 Å². The molecule has 0 aliphatic carbocycles. The minimum Gasteiger partial charge on any atom is -0.484 e. The molecule has 0 bridgehead atoms. The van der Waals surface area contributed by atoms with Crippen molar-refractivity contribution < 1.29 is 17.9 Å². The van der Waals surface area contributed by atoms with Gasteiger partial charge in [0.2, 0.25) is 10.0 Å². The van der Waals surface area contributed by atoms with Crippen LogP contribution in [0, 0.1) is 20.8 Å². The molecule has 0 atom stereocenters. The van der Waals surface area contributed by atoms with Gasteiger partial charge in [0.25, 0.3) is 5.91 Å². The maximum Gasteiger partial charge on any atom is 0.260 e. The van der Waals surface area contributed by atoms with Crippen molar-refractivity contribution >= 4 is 15.9 Å². The van der Waals surface area contributed by atoms with Crippen molar-refractivity contribution in [3.8, 4) is 5.75 Å². The molecule has 158 valence electrons. The average molecular weight is 421 g/mol. The second kappa shape index (κ2) is 8.54. The Morgan fingerprint density at radius 3 is 2.55 bits per heavy atom. The predicted octanol–water partition coefficient (Wildman–Crippen LogP) is 1.65. The second-order valence-electron chi connectivity index (χ2n) is 7.37. The second-order valence-corrected chi connectivity index (χ2v) is 9.24. The fourth-order valence-corrected chi connectivity index (χ4v) is 5.45. The summed E-state index contributed by atoms with van der Waals surface area (Å²) < 4.78 is 35.0. The highest BCUT2D eigenvalue weighted by molar-refractivity contribution is 7.89. The van der Waals surface area contributed by atoms with Crippen LogP contribution in [0.5, 0.6) is 5.75 Å². The van der Waals surface area contributed by atoms with E-state index in [1.165, 1.54) is 4.31 Å². The van der Waals surface area contributed by atoms with Gasteiger partial charge in [0.1, 0.15) is 10.6 Å². The summed E-state index contributed by atoms with van der Waals surface area (Å²) in [5.74, 6) is 0.513. The van der Waals surface area contributed by atoms with Gasteiger partial charge in [-0.2, -0.15) is 9.40 Å². The number of aromatic nitrogens is 2. The number of carbonyl (C=O) groups is 1. The first-order valence-corrected chi connectivity index (χ1v) is 11.1. The fourth-order valence-electron chi connectivity index (χ4n) is 3.58. The van der Waals surface area contributed by atoms with E-state index in [-0.39, 0.29) is 24.0 Å². The summed E-state index contributed by atoms with van der Waals surface area (Å²) in [5, 5.41) is 4.23. The quantitative estimate of drug-likeness (QED) is 0.734. The van der Waals surface area contributed by atoms with E-state index in [0.717, 1.165) is 5.56 Å². The van der Waals surface area contributed by atoms with Gasteiger partial charge in [-0.1, -0.05) is 12.1 Å². The largest absolute Gasteiger partial charge is 0.484 e. The zero-order valence-electron chi connectivity index (χ0n) is 17.4. The summed E-state index contributed by atoms with van der Waals surface area (Å²) in [7, 11) is -1.92. The van der Waals surface area contributed by atoms with Crippen LogP contribution < -0.4 is 4.74 Å². The highest BCUT2D eigenvalue weighted by Crippen LogP contribution is 2.24. The first kappa shape index (κ1) is 21.3. The van der Waals surface area contributed by atoms with E-state index in [2.05, 4.69) is 5.10 Å². The molecule has 1 aromatic carbocycles. The first-order chi connectivity index (χ1) is 13.7. The maximum atomic E-state index is 13.2. The monoisotopic (exact) mass is 420 g/mol. The number of aryl methyl sites for hydroxylation is 3. The van der Waals surface area contributed by atoms with Crippen molar-refractivity contribution in [2.45, 2.75) is 32.1 Å². The van der Waals surface area contributed by atoms with Gasteiger partial charge < -0.3 is 9.64 Å². The number of ether oxygens (including phenoxy) is 1. The molecular formula is C20H28N4O4S. The minimum atomic E-state index is -3.65. The summed E-state index contributed by atoms with van der Waals surface area (Å²) in [6.07, 6.45) is 0.577. The summed E-state index contributed by atoms with van der Waals surface area (Å²) in [6, 6.07) is 7.54. The molecule has 0 N–H and O–H groups in total. The van der Waals surface area contributed by atoms with Crippen molar-refractivity contribution in [2.24, 2.45) is 7.05 Å². The maximum absolute atomic E-state index is 13.2. The van der Waals surface area contributed by atoms with Crippen molar-refractivity contribution in [2.75, 3.05) is 32.8 Å². The topological polar surface area (TPSA) is 84.7 Å². The van der Waals surface area contributed by atoms with Crippen LogP contribution >= 0.6 is 0 Å². The standard InChI is InChI=1S/C20H28N4O4S/c1-15-7-5-8-18(13-15)28-14-19(25)23-9-6-10-24(12-11-23)29(26,27)20-16(2)21-22(4)17(20)3/h5,7-8,13H,6,9-12,14H2,1-4H3. The lowest BCUT2D eigenvalue weighted by Gasteiger charge is -2.22. The van der Waals surface area contributed by atoms with Crippen LogP contribution in [0.4, 0.5) is 0 Å².